The van der Waals surface area contributed by atoms with Crippen LogP contribution in [-0.4, -0.2) is 29.7 Å². The highest BCUT2D eigenvalue weighted by Gasteiger charge is 2.16. The normalized spacial score (nSPS) is 27.1. The molecular formula is C5H7NO2S. The van der Waals surface area contributed by atoms with Crippen molar-refractivity contribution in [3.05, 3.63) is 0 Å². The summed E-state index contributed by atoms with van der Waals surface area (Å²) < 4.78 is 0. The van der Waals surface area contributed by atoms with E-state index in [9.17, 15) is 9.59 Å². The highest BCUT2D eigenvalue weighted by molar-refractivity contribution is 8.01. The number of carbonyl (C=O) groups excluding carboxylic acids is 2. The van der Waals surface area contributed by atoms with E-state index in [1.807, 2.05) is 0 Å². The number of aldehydes is 1. The monoisotopic (exact) mass is 145 g/mol. The Balaban J connectivity index is 2.34. The molecule has 0 aromatic carbocycles. The minimum atomic E-state index is -0.0253. The van der Waals surface area contributed by atoms with Gasteiger partial charge in [-0.1, -0.05) is 0 Å². The van der Waals surface area contributed by atoms with Crippen LogP contribution in [0.3, 0.4) is 0 Å². The Morgan fingerprint density at radius 1 is 1.78 bits per heavy atom. The minimum Gasteiger partial charge on any atom is -0.354 e. The largest absolute Gasteiger partial charge is 0.354 e. The van der Waals surface area contributed by atoms with Crippen molar-refractivity contribution >= 4 is 24.0 Å². The molecule has 1 saturated heterocycles. The SMILES string of the molecule is O=CC1CNC(=O)CS1. The molecule has 0 aromatic rings. The second-order valence-corrected chi connectivity index (χ2v) is 3.02. The summed E-state index contributed by atoms with van der Waals surface area (Å²) in [5.74, 6) is 0.446. The van der Waals surface area contributed by atoms with Crippen LogP contribution in [0.4, 0.5) is 0 Å². The second kappa shape index (κ2) is 2.87. The highest BCUT2D eigenvalue weighted by Crippen LogP contribution is 2.10. The Morgan fingerprint density at radius 2 is 2.56 bits per heavy atom. The fraction of sp³-hybridized carbons (Fsp3) is 0.600. The van der Waals surface area contributed by atoms with Crippen molar-refractivity contribution in [3.63, 3.8) is 0 Å². The Kier molecular flexibility index (Phi) is 2.10. The van der Waals surface area contributed by atoms with Crippen LogP contribution < -0.4 is 5.32 Å². The summed E-state index contributed by atoms with van der Waals surface area (Å²) >= 11 is 1.39. The van der Waals surface area contributed by atoms with Gasteiger partial charge in [-0.05, 0) is 0 Å². The fourth-order valence-electron chi connectivity index (χ4n) is 0.595. The van der Waals surface area contributed by atoms with E-state index in [0.29, 0.717) is 12.3 Å². The van der Waals surface area contributed by atoms with Gasteiger partial charge in [-0.3, -0.25) is 4.79 Å². The van der Waals surface area contributed by atoms with E-state index >= 15 is 0 Å². The van der Waals surface area contributed by atoms with Crippen LogP contribution >= 0.6 is 11.8 Å². The first-order valence-electron chi connectivity index (χ1n) is 2.66. The average Bonchev–Trinajstić information content (AvgIpc) is 1.90. The van der Waals surface area contributed by atoms with Gasteiger partial charge in [0.1, 0.15) is 6.29 Å². The predicted molar refractivity (Wildman–Crippen MR) is 35.3 cm³/mol. The van der Waals surface area contributed by atoms with E-state index in [0.717, 1.165) is 6.29 Å². The van der Waals surface area contributed by atoms with E-state index < -0.39 is 0 Å². The molecule has 0 spiro atoms. The summed E-state index contributed by atoms with van der Waals surface area (Å²) in [6.07, 6.45) is 0.865. The van der Waals surface area contributed by atoms with E-state index in [1.54, 1.807) is 0 Å². The first kappa shape index (κ1) is 6.61. The quantitative estimate of drug-likeness (QED) is 0.502. The van der Waals surface area contributed by atoms with Gasteiger partial charge in [0.25, 0.3) is 0 Å². The molecule has 0 saturated carbocycles. The molecule has 0 aliphatic carbocycles. The molecule has 0 bridgehead atoms. The van der Waals surface area contributed by atoms with E-state index in [2.05, 4.69) is 5.32 Å². The molecule has 1 atom stereocenters. The van der Waals surface area contributed by atoms with Crippen LogP contribution in [0, 0.1) is 0 Å². The molecule has 1 unspecified atom stereocenters. The predicted octanol–water partition coefficient (Wildman–Crippen LogP) is -0.583. The van der Waals surface area contributed by atoms with Crippen LogP contribution in [0.1, 0.15) is 0 Å². The molecule has 3 nitrogen and oxygen atoms in total. The van der Waals surface area contributed by atoms with Gasteiger partial charge in [0.15, 0.2) is 0 Å². The smallest absolute Gasteiger partial charge is 0.230 e. The maximum Gasteiger partial charge on any atom is 0.230 e. The molecule has 1 rings (SSSR count). The van der Waals surface area contributed by atoms with Crippen LogP contribution in [0.15, 0.2) is 0 Å². The zero-order valence-electron chi connectivity index (χ0n) is 4.79. The average molecular weight is 145 g/mol. The molecular weight excluding hydrogens is 138 g/mol. The Labute approximate surface area is 57.2 Å². The highest BCUT2D eigenvalue weighted by atomic mass is 32.2. The van der Waals surface area contributed by atoms with Crippen molar-refractivity contribution in [2.45, 2.75) is 5.25 Å². The fourth-order valence-corrected chi connectivity index (χ4v) is 1.34. The van der Waals surface area contributed by atoms with Gasteiger partial charge in [0, 0.05) is 6.54 Å². The van der Waals surface area contributed by atoms with Crippen LogP contribution in [0.2, 0.25) is 0 Å². The number of hydrogen-bond donors (Lipinski definition) is 1. The molecule has 0 aromatic heterocycles. The third kappa shape index (κ3) is 1.71. The maximum atomic E-state index is 10.5. The molecule has 1 fully saturated rings. The van der Waals surface area contributed by atoms with Gasteiger partial charge in [-0.15, -0.1) is 11.8 Å². The molecule has 1 aliphatic heterocycles. The minimum absolute atomic E-state index is 0.0253. The molecule has 50 valence electrons. The summed E-state index contributed by atoms with van der Waals surface area (Å²) in [7, 11) is 0. The number of thioether (sulfide) groups is 1. The van der Waals surface area contributed by atoms with Crippen LogP contribution in [0.25, 0.3) is 0 Å². The number of amides is 1. The zero-order chi connectivity index (χ0) is 6.69. The second-order valence-electron chi connectivity index (χ2n) is 1.79. The van der Waals surface area contributed by atoms with Crippen molar-refractivity contribution in [2.24, 2.45) is 0 Å². The molecule has 1 N–H and O–H groups in total. The van der Waals surface area contributed by atoms with Gasteiger partial charge in [0.2, 0.25) is 5.91 Å². The van der Waals surface area contributed by atoms with Crippen molar-refractivity contribution in [2.75, 3.05) is 12.3 Å². The molecule has 1 amide bonds. The lowest BCUT2D eigenvalue weighted by molar-refractivity contribution is -0.118. The van der Waals surface area contributed by atoms with Crippen molar-refractivity contribution in [1.29, 1.82) is 0 Å². The first-order valence-corrected chi connectivity index (χ1v) is 3.71. The van der Waals surface area contributed by atoms with Crippen LogP contribution in [0.5, 0.6) is 0 Å². The van der Waals surface area contributed by atoms with Gasteiger partial charge >= 0.3 is 0 Å². The van der Waals surface area contributed by atoms with Gasteiger partial charge < -0.3 is 10.1 Å². The van der Waals surface area contributed by atoms with Crippen molar-refractivity contribution in [1.82, 2.24) is 5.32 Å². The molecule has 1 aliphatic rings. The topological polar surface area (TPSA) is 46.2 Å². The number of nitrogens with one attached hydrogen (secondary N) is 1. The van der Waals surface area contributed by atoms with Gasteiger partial charge in [-0.2, -0.15) is 0 Å². The molecule has 1 heterocycles. The summed E-state index contributed by atoms with van der Waals surface area (Å²) in [6, 6.07) is 0. The first-order chi connectivity index (χ1) is 4.33. The maximum absolute atomic E-state index is 10.5. The Hall–Kier alpha value is -0.510. The third-order valence-electron chi connectivity index (χ3n) is 1.08. The van der Waals surface area contributed by atoms with Crippen LogP contribution in [-0.2, 0) is 9.59 Å². The lowest BCUT2D eigenvalue weighted by atomic mass is 10.4. The zero-order valence-corrected chi connectivity index (χ0v) is 5.61. The molecule has 4 heteroatoms. The lowest BCUT2D eigenvalue weighted by Crippen LogP contribution is -2.38. The lowest BCUT2D eigenvalue weighted by Gasteiger charge is -2.15. The summed E-state index contributed by atoms with van der Waals surface area (Å²) in [4.78, 5) is 20.6. The third-order valence-corrected chi connectivity index (χ3v) is 2.22. The Bertz CT molecular complexity index is 127. The summed E-state index contributed by atoms with van der Waals surface area (Å²) in [5.41, 5.74) is 0. The van der Waals surface area contributed by atoms with Gasteiger partial charge in [-0.25, -0.2) is 0 Å². The van der Waals surface area contributed by atoms with Gasteiger partial charge in [0.05, 0.1) is 11.0 Å². The van der Waals surface area contributed by atoms with E-state index in [1.165, 1.54) is 11.8 Å². The Morgan fingerprint density at radius 3 is 3.00 bits per heavy atom. The molecule has 0 radical (unpaired) electrons. The summed E-state index contributed by atoms with van der Waals surface area (Å²) in [6.45, 7) is 0.493. The van der Waals surface area contributed by atoms with E-state index in [-0.39, 0.29) is 11.2 Å². The molecule has 9 heavy (non-hydrogen) atoms. The van der Waals surface area contributed by atoms with Crippen molar-refractivity contribution < 1.29 is 9.59 Å². The standard InChI is InChI=1S/C5H7NO2S/c7-2-4-1-6-5(8)3-9-4/h2,4H,1,3H2,(H,6,8). The number of hydrogen-bond acceptors (Lipinski definition) is 3. The number of carbonyl (C=O) groups is 2. The summed E-state index contributed by atoms with van der Waals surface area (Å²) in [5, 5.41) is 2.57. The van der Waals surface area contributed by atoms with Crippen molar-refractivity contribution in [3.8, 4) is 0 Å². The van der Waals surface area contributed by atoms with E-state index in [4.69, 9.17) is 0 Å². The number of rotatable bonds is 1.